The van der Waals surface area contributed by atoms with E-state index in [4.69, 9.17) is 5.84 Å². The Morgan fingerprint density at radius 2 is 1.81 bits per heavy atom. The van der Waals surface area contributed by atoms with Crippen molar-refractivity contribution >= 4 is 0 Å². The lowest BCUT2D eigenvalue weighted by molar-refractivity contribution is 0.506. The van der Waals surface area contributed by atoms with Crippen molar-refractivity contribution in [2.24, 2.45) is 12.9 Å². The predicted octanol–water partition coefficient (Wildman–Crippen LogP) is 2.65. The summed E-state index contributed by atoms with van der Waals surface area (Å²) >= 11 is 0. The zero-order valence-corrected chi connectivity index (χ0v) is 13.7. The van der Waals surface area contributed by atoms with Crippen LogP contribution in [0.1, 0.15) is 46.6 Å². The van der Waals surface area contributed by atoms with E-state index in [-0.39, 0.29) is 6.04 Å². The third kappa shape index (κ3) is 3.34. The first-order chi connectivity index (χ1) is 9.96. The first-order valence-corrected chi connectivity index (χ1v) is 7.51. The monoisotopic (exact) mass is 286 g/mol. The smallest absolute Gasteiger partial charge is 0.0669 e. The SMILES string of the molecule is CCc1cc(C(Cc2c(C)cc(C)cc2C)NN)n(C)n1. The molecule has 0 amide bonds. The molecule has 0 radical (unpaired) electrons. The molecule has 2 aromatic rings. The summed E-state index contributed by atoms with van der Waals surface area (Å²) in [4.78, 5) is 0. The molecule has 21 heavy (non-hydrogen) atoms. The average Bonchev–Trinajstić information content (AvgIpc) is 2.79. The van der Waals surface area contributed by atoms with E-state index in [1.165, 1.54) is 22.3 Å². The number of rotatable bonds is 5. The van der Waals surface area contributed by atoms with Crippen molar-refractivity contribution < 1.29 is 0 Å². The molecule has 0 fully saturated rings. The van der Waals surface area contributed by atoms with Crippen LogP contribution in [0.3, 0.4) is 0 Å². The van der Waals surface area contributed by atoms with Crippen LogP contribution in [0.5, 0.6) is 0 Å². The van der Waals surface area contributed by atoms with Crippen LogP contribution in [0.25, 0.3) is 0 Å². The highest BCUT2D eigenvalue weighted by atomic mass is 15.3. The van der Waals surface area contributed by atoms with E-state index in [0.717, 1.165) is 24.2 Å². The summed E-state index contributed by atoms with van der Waals surface area (Å²) < 4.78 is 1.93. The van der Waals surface area contributed by atoms with Crippen LogP contribution in [0.15, 0.2) is 18.2 Å². The van der Waals surface area contributed by atoms with Gasteiger partial charge in [0.05, 0.1) is 17.4 Å². The maximum absolute atomic E-state index is 5.81. The zero-order chi connectivity index (χ0) is 15.6. The molecule has 2 rings (SSSR count). The van der Waals surface area contributed by atoms with E-state index in [2.05, 4.69) is 56.4 Å². The topological polar surface area (TPSA) is 55.9 Å². The number of hydrogen-bond donors (Lipinski definition) is 2. The van der Waals surface area contributed by atoms with Crippen molar-refractivity contribution in [3.8, 4) is 0 Å². The summed E-state index contributed by atoms with van der Waals surface area (Å²) in [6, 6.07) is 6.68. The molecule has 4 nitrogen and oxygen atoms in total. The van der Waals surface area contributed by atoms with Crippen LogP contribution in [0.4, 0.5) is 0 Å². The summed E-state index contributed by atoms with van der Waals surface area (Å²) in [5.74, 6) is 5.81. The van der Waals surface area contributed by atoms with E-state index in [1.807, 2.05) is 11.7 Å². The summed E-state index contributed by atoms with van der Waals surface area (Å²) in [5, 5.41) is 4.52. The summed E-state index contributed by atoms with van der Waals surface area (Å²) in [6.45, 7) is 8.59. The number of hydrazine groups is 1. The minimum Gasteiger partial charge on any atom is -0.271 e. The number of nitrogens with zero attached hydrogens (tertiary/aromatic N) is 2. The standard InChI is InChI=1S/C17H26N4/c1-6-14-9-17(21(5)20-14)16(19-18)10-15-12(3)7-11(2)8-13(15)4/h7-9,16,19H,6,10,18H2,1-5H3. The lowest BCUT2D eigenvalue weighted by atomic mass is 9.93. The second-order valence-corrected chi connectivity index (χ2v) is 5.84. The molecule has 1 unspecified atom stereocenters. The molecular formula is C17H26N4. The number of hydrogen-bond acceptors (Lipinski definition) is 3. The number of aromatic nitrogens is 2. The first-order valence-electron chi connectivity index (χ1n) is 7.51. The van der Waals surface area contributed by atoms with E-state index < -0.39 is 0 Å². The van der Waals surface area contributed by atoms with Gasteiger partial charge in [-0.05, 0) is 56.4 Å². The fourth-order valence-electron chi connectivity index (χ4n) is 3.03. The first kappa shape index (κ1) is 15.7. The molecule has 0 aliphatic rings. The molecule has 0 aliphatic carbocycles. The Labute approximate surface area is 127 Å². The molecule has 0 saturated carbocycles. The Kier molecular flexibility index (Phi) is 4.80. The van der Waals surface area contributed by atoms with E-state index >= 15 is 0 Å². The molecule has 1 heterocycles. The van der Waals surface area contributed by atoms with Crippen LogP contribution in [0, 0.1) is 20.8 Å². The molecule has 0 spiro atoms. The molecule has 0 aliphatic heterocycles. The van der Waals surface area contributed by atoms with Crippen molar-refractivity contribution in [2.45, 2.75) is 46.6 Å². The maximum Gasteiger partial charge on any atom is 0.0669 e. The van der Waals surface area contributed by atoms with Crippen molar-refractivity contribution in [3.05, 3.63) is 51.8 Å². The quantitative estimate of drug-likeness (QED) is 0.656. The fraction of sp³-hybridized carbons (Fsp3) is 0.471. The zero-order valence-electron chi connectivity index (χ0n) is 13.7. The highest BCUT2D eigenvalue weighted by Crippen LogP contribution is 2.24. The number of aryl methyl sites for hydroxylation is 5. The Morgan fingerprint density at radius 3 is 2.29 bits per heavy atom. The van der Waals surface area contributed by atoms with Gasteiger partial charge in [0.25, 0.3) is 0 Å². The van der Waals surface area contributed by atoms with Crippen molar-refractivity contribution in [1.29, 1.82) is 0 Å². The summed E-state index contributed by atoms with van der Waals surface area (Å²) in [6.07, 6.45) is 1.81. The molecule has 1 atom stereocenters. The van der Waals surface area contributed by atoms with Crippen molar-refractivity contribution in [1.82, 2.24) is 15.2 Å². The predicted molar refractivity (Wildman–Crippen MR) is 87.0 cm³/mol. The van der Waals surface area contributed by atoms with Gasteiger partial charge in [0.2, 0.25) is 0 Å². The van der Waals surface area contributed by atoms with E-state index in [0.29, 0.717) is 0 Å². The fourth-order valence-corrected chi connectivity index (χ4v) is 3.03. The lowest BCUT2D eigenvalue weighted by Crippen LogP contribution is -2.31. The van der Waals surface area contributed by atoms with Crippen LogP contribution < -0.4 is 11.3 Å². The van der Waals surface area contributed by atoms with Gasteiger partial charge in [-0.25, -0.2) is 0 Å². The average molecular weight is 286 g/mol. The van der Waals surface area contributed by atoms with E-state index in [1.54, 1.807) is 0 Å². The number of nitrogens with one attached hydrogen (secondary N) is 1. The molecule has 114 valence electrons. The van der Waals surface area contributed by atoms with Gasteiger partial charge in [0.15, 0.2) is 0 Å². The van der Waals surface area contributed by atoms with Crippen LogP contribution in [-0.4, -0.2) is 9.78 Å². The Hall–Kier alpha value is -1.65. The molecule has 0 saturated heterocycles. The lowest BCUT2D eigenvalue weighted by Gasteiger charge is -2.19. The maximum atomic E-state index is 5.81. The van der Waals surface area contributed by atoms with Gasteiger partial charge in [-0.15, -0.1) is 0 Å². The highest BCUT2D eigenvalue weighted by Gasteiger charge is 2.18. The van der Waals surface area contributed by atoms with Crippen LogP contribution in [-0.2, 0) is 19.9 Å². The molecule has 1 aromatic carbocycles. The second kappa shape index (κ2) is 6.41. The van der Waals surface area contributed by atoms with Crippen LogP contribution >= 0.6 is 0 Å². The molecule has 1 aromatic heterocycles. The van der Waals surface area contributed by atoms with E-state index in [9.17, 15) is 0 Å². The minimum absolute atomic E-state index is 0.0721. The van der Waals surface area contributed by atoms with Gasteiger partial charge in [-0.1, -0.05) is 24.6 Å². The molecule has 0 bridgehead atoms. The Balaban J connectivity index is 2.33. The summed E-state index contributed by atoms with van der Waals surface area (Å²) in [5.41, 5.74) is 10.5. The number of nitrogens with two attached hydrogens (primary N) is 1. The van der Waals surface area contributed by atoms with Crippen molar-refractivity contribution in [3.63, 3.8) is 0 Å². The Morgan fingerprint density at radius 1 is 1.19 bits per heavy atom. The third-order valence-electron chi connectivity index (χ3n) is 4.14. The van der Waals surface area contributed by atoms with Gasteiger partial charge in [0.1, 0.15) is 0 Å². The Bertz CT molecular complexity index is 605. The van der Waals surface area contributed by atoms with Gasteiger partial charge in [-0.2, -0.15) is 5.10 Å². The third-order valence-corrected chi connectivity index (χ3v) is 4.14. The van der Waals surface area contributed by atoms with Crippen molar-refractivity contribution in [2.75, 3.05) is 0 Å². The molecule has 4 heteroatoms. The largest absolute Gasteiger partial charge is 0.271 e. The molecule has 3 N–H and O–H groups in total. The van der Waals surface area contributed by atoms with Gasteiger partial charge < -0.3 is 0 Å². The van der Waals surface area contributed by atoms with Crippen LogP contribution in [0.2, 0.25) is 0 Å². The van der Waals surface area contributed by atoms with Gasteiger partial charge in [-0.3, -0.25) is 16.0 Å². The second-order valence-electron chi connectivity index (χ2n) is 5.84. The molecular weight excluding hydrogens is 260 g/mol. The normalized spacial score (nSPS) is 12.7. The number of benzene rings is 1. The highest BCUT2D eigenvalue weighted by molar-refractivity contribution is 5.38. The summed E-state index contributed by atoms with van der Waals surface area (Å²) in [7, 11) is 1.98. The minimum atomic E-state index is 0.0721. The van der Waals surface area contributed by atoms with Gasteiger partial charge in [0, 0.05) is 7.05 Å². The van der Waals surface area contributed by atoms with Gasteiger partial charge >= 0.3 is 0 Å².